The van der Waals surface area contributed by atoms with Crippen molar-refractivity contribution >= 4 is 0 Å². The molecule has 1 fully saturated rings. The Morgan fingerprint density at radius 2 is 1.78 bits per heavy atom. The monoisotopic (exact) mass is 248 g/mol. The van der Waals surface area contributed by atoms with Crippen molar-refractivity contribution < 1.29 is 5.11 Å². The van der Waals surface area contributed by atoms with Crippen molar-refractivity contribution in [2.45, 2.75) is 50.7 Å². The highest BCUT2D eigenvalue weighted by molar-refractivity contribution is 5.14. The lowest BCUT2D eigenvalue weighted by atomic mass is 9.94. The maximum atomic E-state index is 9.41. The van der Waals surface area contributed by atoms with E-state index in [1.165, 1.54) is 5.56 Å². The highest BCUT2D eigenvalue weighted by Crippen LogP contribution is 2.17. The van der Waals surface area contributed by atoms with Gasteiger partial charge in [-0.2, -0.15) is 0 Å². The van der Waals surface area contributed by atoms with Crippen LogP contribution in [-0.2, 0) is 6.42 Å². The third-order valence-electron chi connectivity index (χ3n) is 3.61. The maximum Gasteiger partial charge on any atom is 0.0541 e. The topological polar surface area (TPSA) is 44.3 Å². The van der Waals surface area contributed by atoms with E-state index in [4.69, 9.17) is 0 Å². The van der Waals surface area contributed by atoms with E-state index >= 15 is 0 Å². The van der Waals surface area contributed by atoms with Crippen molar-refractivity contribution in [1.29, 1.82) is 0 Å². The molecule has 0 atom stereocenters. The van der Waals surface area contributed by atoms with Gasteiger partial charge >= 0.3 is 0 Å². The highest BCUT2D eigenvalue weighted by atomic mass is 16.3. The van der Waals surface area contributed by atoms with Crippen LogP contribution in [0.4, 0.5) is 0 Å². The fourth-order valence-corrected chi connectivity index (χ4v) is 2.46. The summed E-state index contributed by atoms with van der Waals surface area (Å²) in [6.07, 6.45) is 6.22. The number of aliphatic hydroxyl groups is 1. The van der Waals surface area contributed by atoms with E-state index in [1.807, 2.05) is 0 Å². The van der Waals surface area contributed by atoms with Gasteiger partial charge in [-0.3, -0.25) is 10.9 Å². The first-order valence-electron chi connectivity index (χ1n) is 7.05. The molecule has 0 heterocycles. The SMILES string of the molecule is OC1CCC(NNCCCc2ccccc2)CC1. The molecule has 1 saturated carbocycles. The van der Waals surface area contributed by atoms with Gasteiger partial charge in [-0.05, 0) is 44.1 Å². The summed E-state index contributed by atoms with van der Waals surface area (Å²) in [5.74, 6) is 0. The number of hydrogen-bond acceptors (Lipinski definition) is 3. The zero-order chi connectivity index (χ0) is 12.6. The first-order valence-corrected chi connectivity index (χ1v) is 7.05. The van der Waals surface area contributed by atoms with Crippen LogP contribution in [0.5, 0.6) is 0 Å². The lowest BCUT2D eigenvalue weighted by Crippen LogP contribution is -2.43. The van der Waals surface area contributed by atoms with Crippen LogP contribution in [0.3, 0.4) is 0 Å². The first kappa shape index (κ1) is 13.5. The van der Waals surface area contributed by atoms with Crippen LogP contribution in [0.15, 0.2) is 30.3 Å². The van der Waals surface area contributed by atoms with Crippen molar-refractivity contribution in [1.82, 2.24) is 10.9 Å². The molecule has 0 spiro atoms. The molecule has 0 unspecified atom stereocenters. The molecule has 18 heavy (non-hydrogen) atoms. The molecule has 0 bridgehead atoms. The summed E-state index contributed by atoms with van der Waals surface area (Å²) in [6, 6.07) is 11.1. The molecule has 100 valence electrons. The van der Waals surface area contributed by atoms with Crippen LogP contribution in [0, 0.1) is 0 Å². The van der Waals surface area contributed by atoms with Crippen LogP contribution in [0.25, 0.3) is 0 Å². The van der Waals surface area contributed by atoms with E-state index in [2.05, 4.69) is 41.2 Å². The van der Waals surface area contributed by atoms with Crippen LogP contribution in [-0.4, -0.2) is 23.8 Å². The minimum absolute atomic E-state index is 0.0684. The van der Waals surface area contributed by atoms with Gasteiger partial charge in [-0.25, -0.2) is 0 Å². The summed E-state index contributed by atoms with van der Waals surface area (Å²) < 4.78 is 0. The molecule has 1 aromatic rings. The summed E-state index contributed by atoms with van der Waals surface area (Å²) in [7, 11) is 0. The molecule has 0 radical (unpaired) electrons. The Balaban J connectivity index is 1.51. The van der Waals surface area contributed by atoms with E-state index in [1.54, 1.807) is 0 Å². The number of aryl methyl sites for hydroxylation is 1. The normalized spacial score (nSPS) is 24.1. The molecule has 0 saturated heterocycles. The van der Waals surface area contributed by atoms with Gasteiger partial charge in [-0.15, -0.1) is 0 Å². The Morgan fingerprint density at radius 1 is 1.06 bits per heavy atom. The van der Waals surface area contributed by atoms with E-state index in [0.717, 1.165) is 45.1 Å². The van der Waals surface area contributed by atoms with Crippen molar-refractivity contribution in [3.63, 3.8) is 0 Å². The minimum atomic E-state index is -0.0684. The summed E-state index contributed by atoms with van der Waals surface area (Å²) >= 11 is 0. The Hall–Kier alpha value is -0.900. The Kier molecular flexibility index (Phi) is 5.65. The molecular formula is C15H24N2O. The van der Waals surface area contributed by atoms with E-state index in [9.17, 15) is 5.11 Å². The summed E-state index contributed by atoms with van der Waals surface area (Å²) in [5.41, 5.74) is 8.08. The third kappa shape index (κ3) is 4.77. The molecule has 2 rings (SSSR count). The number of aliphatic hydroxyl groups excluding tert-OH is 1. The standard InChI is InChI=1S/C15H24N2O/c18-15-10-8-14(9-11-15)17-16-12-4-7-13-5-2-1-3-6-13/h1-3,5-6,14-18H,4,7-12H2. The molecule has 0 amide bonds. The Morgan fingerprint density at radius 3 is 2.50 bits per heavy atom. The number of benzene rings is 1. The van der Waals surface area contributed by atoms with E-state index < -0.39 is 0 Å². The average molecular weight is 248 g/mol. The molecule has 1 aromatic carbocycles. The molecule has 0 aromatic heterocycles. The van der Waals surface area contributed by atoms with E-state index in [-0.39, 0.29) is 6.10 Å². The van der Waals surface area contributed by atoms with Gasteiger partial charge < -0.3 is 5.11 Å². The number of hydrazine groups is 1. The van der Waals surface area contributed by atoms with Crippen LogP contribution < -0.4 is 10.9 Å². The number of nitrogens with one attached hydrogen (secondary N) is 2. The van der Waals surface area contributed by atoms with Gasteiger partial charge in [0.2, 0.25) is 0 Å². The van der Waals surface area contributed by atoms with Gasteiger partial charge in [0.25, 0.3) is 0 Å². The van der Waals surface area contributed by atoms with Crippen LogP contribution >= 0.6 is 0 Å². The largest absolute Gasteiger partial charge is 0.393 e. The molecular weight excluding hydrogens is 224 g/mol. The number of hydrogen-bond donors (Lipinski definition) is 3. The maximum absolute atomic E-state index is 9.41. The van der Waals surface area contributed by atoms with Gasteiger partial charge in [0.15, 0.2) is 0 Å². The van der Waals surface area contributed by atoms with Crippen molar-refractivity contribution in [2.75, 3.05) is 6.54 Å². The van der Waals surface area contributed by atoms with Crippen LogP contribution in [0.1, 0.15) is 37.7 Å². The highest BCUT2D eigenvalue weighted by Gasteiger charge is 2.18. The second kappa shape index (κ2) is 7.52. The molecule has 0 aliphatic heterocycles. The third-order valence-corrected chi connectivity index (χ3v) is 3.61. The summed E-state index contributed by atoms with van der Waals surface area (Å²) in [5, 5.41) is 9.41. The van der Waals surface area contributed by atoms with E-state index in [0.29, 0.717) is 6.04 Å². The second-order valence-electron chi connectivity index (χ2n) is 5.17. The van der Waals surface area contributed by atoms with Gasteiger partial charge in [-0.1, -0.05) is 30.3 Å². The molecule has 3 heteroatoms. The van der Waals surface area contributed by atoms with Gasteiger partial charge in [0.05, 0.1) is 6.10 Å². The fraction of sp³-hybridized carbons (Fsp3) is 0.600. The minimum Gasteiger partial charge on any atom is -0.393 e. The van der Waals surface area contributed by atoms with Crippen molar-refractivity contribution in [3.05, 3.63) is 35.9 Å². The van der Waals surface area contributed by atoms with Crippen molar-refractivity contribution in [3.8, 4) is 0 Å². The average Bonchev–Trinajstić information content (AvgIpc) is 2.42. The van der Waals surface area contributed by atoms with Gasteiger partial charge in [0, 0.05) is 12.6 Å². The predicted octanol–water partition coefficient (Wildman–Crippen LogP) is 2.02. The molecule has 1 aliphatic carbocycles. The lowest BCUT2D eigenvalue weighted by molar-refractivity contribution is 0.113. The van der Waals surface area contributed by atoms with Gasteiger partial charge in [0.1, 0.15) is 0 Å². The Bertz CT molecular complexity index is 321. The predicted molar refractivity (Wildman–Crippen MR) is 74.2 cm³/mol. The molecule has 3 nitrogen and oxygen atoms in total. The van der Waals surface area contributed by atoms with Crippen LogP contribution in [0.2, 0.25) is 0 Å². The Labute approximate surface area is 110 Å². The molecule has 3 N–H and O–H groups in total. The summed E-state index contributed by atoms with van der Waals surface area (Å²) in [6.45, 7) is 0.994. The molecule has 1 aliphatic rings. The summed E-state index contributed by atoms with van der Waals surface area (Å²) in [4.78, 5) is 0. The second-order valence-corrected chi connectivity index (χ2v) is 5.17. The zero-order valence-corrected chi connectivity index (χ0v) is 10.9. The quantitative estimate of drug-likeness (QED) is 0.533. The zero-order valence-electron chi connectivity index (χ0n) is 10.9. The first-order chi connectivity index (χ1) is 8.84. The fourth-order valence-electron chi connectivity index (χ4n) is 2.46. The lowest BCUT2D eigenvalue weighted by Gasteiger charge is -2.26. The van der Waals surface area contributed by atoms with Crippen molar-refractivity contribution in [2.24, 2.45) is 0 Å². The number of rotatable bonds is 6. The smallest absolute Gasteiger partial charge is 0.0541 e.